The van der Waals surface area contributed by atoms with E-state index in [2.05, 4.69) is 35.8 Å². The van der Waals surface area contributed by atoms with Crippen molar-refractivity contribution in [3.05, 3.63) is 92.6 Å². The topological polar surface area (TPSA) is 52.6 Å². The molecule has 0 aromatic heterocycles. The van der Waals surface area contributed by atoms with Gasteiger partial charge in [0.2, 0.25) is 0 Å². The van der Waals surface area contributed by atoms with Crippen LogP contribution in [0.25, 0.3) is 6.08 Å². The van der Waals surface area contributed by atoms with Crippen LogP contribution in [0.1, 0.15) is 5.56 Å². The van der Waals surface area contributed by atoms with Gasteiger partial charge < -0.3 is 9.47 Å². The minimum Gasteiger partial charge on any atom is -0.458 e. The van der Waals surface area contributed by atoms with Gasteiger partial charge in [-0.3, -0.25) is 0 Å². The van der Waals surface area contributed by atoms with Gasteiger partial charge in [-0.2, -0.15) is 0 Å². The molecule has 0 heterocycles. The highest BCUT2D eigenvalue weighted by atomic mass is 35.5. The van der Waals surface area contributed by atoms with Gasteiger partial charge in [0.15, 0.2) is 0 Å². The fourth-order valence-corrected chi connectivity index (χ4v) is 1.10. The second kappa shape index (κ2) is 20.2. The summed E-state index contributed by atoms with van der Waals surface area (Å²) in [4.78, 5) is 21.6. The fourth-order valence-electron chi connectivity index (χ4n) is 1.10. The first-order valence-corrected chi connectivity index (χ1v) is 8.16. The Balaban J connectivity index is 0. The van der Waals surface area contributed by atoms with Gasteiger partial charge in [-0.05, 0) is 5.56 Å². The number of halogens is 1. The largest absolute Gasteiger partial charge is 0.458 e. The Morgan fingerprint density at radius 3 is 1.54 bits per heavy atom. The van der Waals surface area contributed by atoms with Gasteiger partial charge in [-0.1, -0.05) is 74.4 Å². The van der Waals surface area contributed by atoms with E-state index < -0.39 is 11.9 Å². The predicted octanol–water partition coefficient (Wildman–Crippen LogP) is 4.74. The molecule has 26 heavy (non-hydrogen) atoms. The number of benzene rings is 1. The van der Waals surface area contributed by atoms with Crippen molar-refractivity contribution in [3.8, 4) is 0 Å². The lowest BCUT2D eigenvalue weighted by molar-refractivity contribution is -0.139. The lowest BCUT2D eigenvalue weighted by atomic mass is 10.2. The third-order valence-electron chi connectivity index (χ3n) is 2.19. The van der Waals surface area contributed by atoms with Crippen LogP contribution in [-0.2, 0) is 19.1 Å². The molecule has 0 saturated carbocycles. The molecular weight excluding hydrogens is 352 g/mol. The molecule has 0 unspecified atom stereocenters. The zero-order chi connectivity index (χ0) is 20.0. The van der Waals surface area contributed by atoms with Gasteiger partial charge in [0, 0.05) is 18.0 Å². The Labute approximate surface area is 160 Å². The summed E-state index contributed by atoms with van der Waals surface area (Å²) >= 11 is 5.07. The van der Waals surface area contributed by atoms with Crippen LogP contribution in [0.3, 0.4) is 0 Å². The molecule has 0 radical (unpaired) electrons. The van der Waals surface area contributed by atoms with Crippen molar-refractivity contribution in [2.75, 3.05) is 19.1 Å². The van der Waals surface area contributed by atoms with Crippen molar-refractivity contribution in [2.24, 2.45) is 0 Å². The smallest absolute Gasteiger partial charge is 0.331 e. The highest BCUT2D eigenvalue weighted by Crippen LogP contribution is 1.97. The van der Waals surface area contributed by atoms with E-state index in [-0.39, 0.29) is 13.2 Å². The van der Waals surface area contributed by atoms with Crippen LogP contribution in [0.5, 0.6) is 0 Å². The highest BCUT2D eigenvalue weighted by molar-refractivity contribution is 6.18. The number of hydrogen-bond acceptors (Lipinski definition) is 4. The molecule has 4 nitrogen and oxygen atoms in total. The summed E-state index contributed by atoms with van der Waals surface area (Å²) in [6.07, 6.45) is 8.33. The van der Waals surface area contributed by atoms with Gasteiger partial charge in [0.1, 0.15) is 13.2 Å². The van der Waals surface area contributed by atoms with Gasteiger partial charge in [-0.15, -0.1) is 18.2 Å². The van der Waals surface area contributed by atoms with E-state index in [9.17, 15) is 9.59 Å². The molecule has 0 atom stereocenters. The molecule has 0 bridgehead atoms. The lowest BCUT2D eigenvalue weighted by Gasteiger charge is -1.96. The van der Waals surface area contributed by atoms with Crippen molar-refractivity contribution in [1.82, 2.24) is 0 Å². The number of ether oxygens (including phenoxy) is 2. The molecule has 0 amide bonds. The van der Waals surface area contributed by atoms with Crippen molar-refractivity contribution in [3.63, 3.8) is 0 Å². The number of carbonyl (C=O) groups excluding carboxylic acids is 2. The van der Waals surface area contributed by atoms with Gasteiger partial charge in [-0.25, -0.2) is 9.59 Å². The SMILES string of the molecule is C=CCCl.C=CCOC(=O)/C=C\C(=O)OCC=C.C=Cc1ccccc1. The summed E-state index contributed by atoms with van der Waals surface area (Å²) in [7, 11) is 0. The third-order valence-corrected chi connectivity index (χ3v) is 2.40. The molecule has 0 aliphatic rings. The van der Waals surface area contributed by atoms with E-state index in [0.29, 0.717) is 5.88 Å². The Morgan fingerprint density at radius 1 is 0.846 bits per heavy atom. The molecule has 0 N–H and O–H groups in total. The van der Waals surface area contributed by atoms with Crippen molar-refractivity contribution in [2.45, 2.75) is 0 Å². The molecular formula is C21H25ClO4. The average molecular weight is 377 g/mol. The van der Waals surface area contributed by atoms with Gasteiger partial charge >= 0.3 is 11.9 Å². The number of alkyl halides is 1. The van der Waals surface area contributed by atoms with Crippen LogP contribution in [0, 0.1) is 0 Å². The maximum Gasteiger partial charge on any atom is 0.331 e. The van der Waals surface area contributed by atoms with Crippen LogP contribution in [0.2, 0.25) is 0 Å². The van der Waals surface area contributed by atoms with Crippen LogP contribution >= 0.6 is 11.6 Å². The predicted molar refractivity (Wildman–Crippen MR) is 109 cm³/mol. The molecule has 0 saturated heterocycles. The summed E-state index contributed by atoms with van der Waals surface area (Å²) in [6.45, 7) is 13.9. The van der Waals surface area contributed by atoms with Crippen molar-refractivity contribution < 1.29 is 19.1 Å². The summed E-state index contributed by atoms with van der Waals surface area (Å²) in [5.41, 5.74) is 1.17. The van der Waals surface area contributed by atoms with E-state index in [1.54, 1.807) is 6.08 Å². The van der Waals surface area contributed by atoms with E-state index in [1.165, 1.54) is 17.7 Å². The third kappa shape index (κ3) is 19.2. The van der Waals surface area contributed by atoms with Crippen LogP contribution in [0.15, 0.2) is 87.0 Å². The normalized spacial score (nSPS) is 8.65. The monoisotopic (exact) mass is 376 g/mol. The molecule has 0 aliphatic heterocycles. The maximum absolute atomic E-state index is 10.8. The zero-order valence-electron chi connectivity index (χ0n) is 14.8. The van der Waals surface area contributed by atoms with Crippen LogP contribution in [-0.4, -0.2) is 31.0 Å². The standard InChI is InChI=1S/C10H12O4.C8H8.C3H5Cl/c1-3-7-13-9(11)5-6-10(12)14-8-4-2;1-2-8-6-4-3-5-7-8;1-2-3-4/h3-6H,1-2,7-8H2;2-7H,1H2;2H,1,3H2/b6-5-;;. The Hall–Kier alpha value is -2.85. The van der Waals surface area contributed by atoms with Crippen molar-refractivity contribution in [1.29, 1.82) is 0 Å². The average Bonchev–Trinajstić information content (AvgIpc) is 2.70. The number of esters is 2. The molecule has 1 aromatic rings. The molecule has 140 valence electrons. The summed E-state index contributed by atoms with van der Waals surface area (Å²) in [5.74, 6) is -0.666. The minimum absolute atomic E-state index is 0.116. The second-order valence-corrected chi connectivity index (χ2v) is 4.54. The number of hydrogen-bond donors (Lipinski definition) is 0. The minimum atomic E-state index is -0.611. The quantitative estimate of drug-likeness (QED) is 0.284. The fraction of sp³-hybridized carbons (Fsp3) is 0.143. The lowest BCUT2D eigenvalue weighted by Crippen LogP contribution is -2.04. The first-order valence-electron chi connectivity index (χ1n) is 7.63. The van der Waals surface area contributed by atoms with E-state index in [1.807, 2.05) is 36.4 Å². The molecule has 1 aromatic carbocycles. The summed E-state index contributed by atoms with van der Waals surface area (Å²) in [5, 5.41) is 0. The zero-order valence-corrected chi connectivity index (χ0v) is 15.6. The van der Waals surface area contributed by atoms with Gasteiger partial charge in [0.25, 0.3) is 0 Å². The molecule has 0 fully saturated rings. The summed E-state index contributed by atoms with van der Waals surface area (Å²) in [6, 6.07) is 10.0. The first-order chi connectivity index (χ1) is 12.5. The molecule has 1 rings (SSSR count). The van der Waals surface area contributed by atoms with E-state index >= 15 is 0 Å². The Morgan fingerprint density at radius 2 is 1.27 bits per heavy atom. The van der Waals surface area contributed by atoms with Crippen molar-refractivity contribution >= 4 is 29.6 Å². The highest BCUT2D eigenvalue weighted by Gasteiger charge is 1.98. The number of rotatable bonds is 8. The van der Waals surface area contributed by atoms with Crippen LogP contribution in [0.4, 0.5) is 0 Å². The van der Waals surface area contributed by atoms with E-state index in [4.69, 9.17) is 11.6 Å². The first kappa shape index (κ1) is 25.4. The van der Waals surface area contributed by atoms with E-state index in [0.717, 1.165) is 12.2 Å². The summed E-state index contributed by atoms with van der Waals surface area (Å²) < 4.78 is 9.15. The van der Waals surface area contributed by atoms with Gasteiger partial charge in [0.05, 0.1) is 0 Å². The number of carbonyl (C=O) groups is 2. The second-order valence-electron chi connectivity index (χ2n) is 4.23. The Bertz CT molecular complexity index is 551. The molecule has 0 spiro atoms. The Kier molecular flexibility index (Phi) is 19.7. The molecule has 5 heteroatoms. The van der Waals surface area contributed by atoms with Crippen LogP contribution < -0.4 is 0 Å². The maximum atomic E-state index is 10.8. The number of allylic oxidation sites excluding steroid dienone is 1. The molecule has 0 aliphatic carbocycles.